The summed E-state index contributed by atoms with van der Waals surface area (Å²) in [5, 5.41) is 3.97. The van der Waals surface area contributed by atoms with Crippen LogP contribution in [-0.2, 0) is 6.18 Å². The number of hydrogen-bond donors (Lipinski definition) is 1. The number of likely N-dealkylation sites (tertiary alicyclic amines) is 1. The van der Waals surface area contributed by atoms with Crippen LogP contribution in [-0.4, -0.2) is 45.9 Å². The molecule has 154 valence electrons. The van der Waals surface area contributed by atoms with Crippen LogP contribution in [0.15, 0.2) is 48.7 Å². The number of nitrogens with zero attached hydrogens (tertiary/aromatic N) is 3. The van der Waals surface area contributed by atoms with Crippen molar-refractivity contribution in [2.75, 3.05) is 19.6 Å². The summed E-state index contributed by atoms with van der Waals surface area (Å²) in [7, 11) is 0. The summed E-state index contributed by atoms with van der Waals surface area (Å²) < 4.78 is 43.5. The molecule has 6 nitrogen and oxygen atoms in total. The third-order valence-corrected chi connectivity index (χ3v) is 5.69. The first-order chi connectivity index (χ1) is 14.3. The quantitative estimate of drug-likeness (QED) is 0.709. The summed E-state index contributed by atoms with van der Waals surface area (Å²) in [5.74, 6) is 0.399. The Labute approximate surface area is 169 Å². The number of carbonyl (C=O) groups excluding carboxylic acids is 1. The lowest BCUT2D eigenvalue weighted by Crippen LogP contribution is -2.77. The normalized spacial score (nSPS) is 17.5. The van der Waals surface area contributed by atoms with Gasteiger partial charge in [0.05, 0.1) is 16.6 Å². The summed E-state index contributed by atoms with van der Waals surface area (Å²) in [6, 6.07) is 10.6. The number of amides is 1. The van der Waals surface area contributed by atoms with E-state index in [1.165, 1.54) is 6.07 Å². The molecule has 2 saturated heterocycles. The van der Waals surface area contributed by atoms with Gasteiger partial charge in [-0.05, 0) is 36.8 Å². The minimum absolute atomic E-state index is 0.0416. The molecule has 30 heavy (non-hydrogen) atoms. The monoisotopic (exact) mass is 414 g/mol. The van der Waals surface area contributed by atoms with E-state index in [9.17, 15) is 18.0 Å². The lowest BCUT2D eigenvalue weighted by Gasteiger charge is -2.58. The van der Waals surface area contributed by atoms with E-state index in [1.807, 2.05) is 4.90 Å². The number of pyridine rings is 2. The van der Waals surface area contributed by atoms with Crippen molar-refractivity contribution < 1.29 is 22.7 Å². The van der Waals surface area contributed by atoms with Crippen LogP contribution in [0.3, 0.4) is 0 Å². The summed E-state index contributed by atoms with van der Waals surface area (Å²) in [5.41, 5.74) is 0.151. The number of hydrogen-bond acceptors (Lipinski definition) is 5. The van der Waals surface area contributed by atoms with E-state index in [0.29, 0.717) is 17.0 Å². The van der Waals surface area contributed by atoms with Gasteiger partial charge in [0.1, 0.15) is 11.4 Å². The van der Waals surface area contributed by atoms with Crippen molar-refractivity contribution in [2.24, 2.45) is 0 Å². The molecule has 9 heteroatoms. The highest BCUT2D eigenvalue weighted by Gasteiger charge is 2.51. The van der Waals surface area contributed by atoms with Crippen LogP contribution in [0.1, 0.15) is 22.5 Å². The highest BCUT2D eigenvalue weighted by atomic mass is 19.4. The van der Waals surface area contributed by atoms with E-state index in [2.05, 4.69) is 15.3 Å². The molecule has 2 aliphatic rings. The van der Waals surface area contributed by atoms with E-state index in [4.69, 9.17) is 4.74 Å². The lowest BCUT2D eigenvalue weighted by atomic mass is 9.79. The molecule has 2 aliphatic heterocycles. The van der Waals surface area contributed by atoms with Gasteiger partial charge in [0.15, 0.2) is 0 Å². The third kappa shape index (κ3) is 3.15. The van der Waals surface area contributed by atoms with Crippen LogP contribution in [0, 0.1) is 0 Å². The molecule has 0 aliphatic carbocycles. The van der Waals surface area contributed by atoms with Crippen LogP contribution in [0.5, 0.6) is 11.6 Å². The summed E-state index contributed by atoms with van der Waals surface area (Å²) in [4.78, 5) is 22.9. The zero-order valence-corrected chi connectivity index (χ0v) is 15.7. The van der Waals surface area contributed by atoms with E-state index in [0.717, 1.165) is 43.7 Å². The second kappa shape index (κ2) is 6.66. The van der Waals surface area contributed by atoms with Gasteiger partial charge in [-0.3, -0.25) is 4.79 Å². The fraction of sp³-hybridized carbons (Fsp3) is 0.286. The maximum absolute atomic E-state index is 12.8. The number of ether oxygens (including phenoxy) is 1. The SMILES string of the molecule is O=C(c1ccc2cc(Oc3ccc(C(F)(F)F)cn3)ccc2n1)N1CCC12CNC2. The Hall–Kier alpha value is -3.20. The first-order valence-corrected chi connectivity index (χ1v) is 9.49. The molecule has 2 aromatic heterocycles. The van der Waals surface area contributed by atoms with Crippen LogP contribution in [0.25, 0.3) is 10.9 Å². The van der Waals surface area contributed by atoms with Crippen molar-refractivity contribution in [2.45, 2.75) is 18.1 Å². The average molecular weight is 414 g/mol. The van der Waals surface area contributed by atoms with Crippen LogP contribution >= 0.6 is 0 Å². The minimum Gasteiger partial charge on any atom is -0.439 e. The van der Waals surface area contributed by atoms with Crippen molar-refractivity contribution in [1.82, 2.24) is 20.2 Å². The number of halogens is 3. The van der Waals surface area contributed by atoms with Gasteiger partial charge in [-0.15, -0.1) is 0 Å². The van der Waals surface area contributed by atoms with Crippen molar-refractivity contribution in [3.8, 4) is 11.6 Å². The van der Waals surface area contributed by atoms with E-state index in [1.54, 1.807) is 30.3 Å². The van der Waals surface area contributed by atoms with Crippen molar-refractivity contribution >= 4 is 16.8 Å². The number of nitrogens with one attached hydrogen (secondary N) is 1. The number of carbonyl (C=O) groups is 1. The molecule has 0 atom stereocenters. The molecule has 4 heterocycles. The van der Waals surface area contributed by atoms with Gasteiger partial charge >= 0.3 is 6.18 Å². The molecule has 0 unspecified atom stereocenters. The Morgan fingerprint density at radius 2 is 1.97 bits per heavy atom. The number of benzene rings is 1. The molecule has 0 bridgehead atoms. The first-order valence-electron chi connectivity index (χ1n) is 9.49. The molecular weight excluding hydrogens is 397 g/mol. The molecule has 3 aromatic rings. The van der Waals surface area contributed by atoms with Crippen LogP contribution in [0.4, 0.5) is 13.2 Å². The second-order valence-corrected chi connectivity index (χ2v) is 7.57. The highest BCUT2D eigenvalue weighted by molar-refractivity contribution is 5.96. The number of alkyl halides is 3. The Morgan fingerprint density at radius 3 is 2.57 bits per heavy atom. The van der Waals surface area contributed by atoms with Gasteiger partial charge in [0.25, 0.3) is 5.91 Å². The predicted molar refractivity (Wildman–Crippen MR) is 102 cm³/mol. The van der Waals surface area contributed by atoms with E-state index < -0.39 is 11.7 Å². The van der Waals surface area contributed by atoms with Crippen LogP contribution in [0.2, 0.25) is 0 Å². The van der Waals surface area contributed by atoms with E-state index >= 15 is 0 Å². The Bertz CT molecular complexity index is 1120. The average Bonchev–Trinajstić information content (AvgIpc) is 2.65. The molecular formula is C21H17F3N4O2. The van der Waals surface area contributed by atoms with Gasteiger partial charge in [0.2, 0.25) is 5.88 Å². The minimum atomic E-state index is -4.44. The maximum atomic E-state index is 12.8. The summed E-state index contributed by atoms with van der Waals surface area (Å²) in [6.07, 6.45) is -2.70. The zero-order valence-electron chi connectivity index (χ0n) is 15.7. The van der Waals surface area contributed by atoms with Gasteiger partial charge < -0.3 is 15.0 Å². The first kappa shape index (κ1) is 18.8. The maximum Gasteiger partial charge on any atom is 0.417 e. The molecule has 0 radical (unpaired) electrons. The van der Waals surface area contributed by atoms with Crippen molar-refractivity contribution in [3.05, 3.63) is 59.9 Å². The largest absolute Gasteiger partial charge is 0.439 e. The van der Waals surface area contributed by atoms with Gasteiger partial charge in [-0.2, -0.15) is 13.2 Å². The lowest BCUT2D eigenvalue weighted by molar-refractivity contribution is -0.137. The van der Waals surface area contributed by atoms with Crippen molar-refractivity contribution in [1.29, 1.82) is 0 Å². The fourth-order valence-electron chi connectivity index (χ4n) is 3.79. The smallest absolute Gasteiger partial charge is 0.417 e. The zero-order chi connectivity index (χ0) is 20.9. The highest BCUT2D eigenvalue weighted by Crippen LogP contribution is 2.35. The molecule has 1 spiro atoms. The second-order valence-electron chi connectivity index (χ2n) is 7.57. The molecule has 2 fully saturated rings. The number of aromatic nitrogens is 2. The standard InChI is InChI=1S/C21H17F3N4O2/c22-21(23,24)14-2-6-18(26-10-14)30-15-3-5-16-13(9-15)1-4-17(27-16)19(29)28-8-7-20(28)11-25-12-20/h1-6,9-10,25H,7-8,11-12H2. The molecule has 0 saturated carbocycles. The van der Waals surface area contributed by atoms with Crippen LogP contribution < -0.4 is 10.1 Å². The van der Waals surface area contributed by atoms with Gasteiger partial charge in [-0.25, -0.2) is 9.97 Å². The number of rotatable bonds is 3. The topological polar surface area (TPSA) is 67.3 Å². The predicted octanol–water partition coefficient (Wildman–Crippen LogP) is 3.63. The Kier molecular flexibility index (Phi) is 4.18. The summed E-state index contributed by atoms with van der Waals surface area (Å²) >= 11 is 0. The fourth-order valence-corrected chi connectivity index (χ4v) is 3.79. The molecule has 1 N–H and O–H groups in total. The summed E-state index contributed by atoms with van der Waals surface area (Å²) in [6.45, 7) is 2.39. The van der Waals surface area contributed by atoms with Crippen molar-refractivity contribution in [3.63, 3.8) is 0 Å². The van der Waals surface area contributed by atoms with Gasteiger partial charge in [0, 0.05) is 37.3 Å². The Morgan fingerprint density at radius 1 is 1.13 bits per heavy atom. The molecule has 1 amide bonds. The third-order valence-electron chi connectivity index (χ3n) is 5.69. The molecule has 1 aromatic carbocycles. The molecule has 5 rings (SSSR count). The Balaban J connectivity index is 1.34. The van der Waals surface area contributed by atoms with Gasteiger partial charge in [-0.1, -0.05) is 6.07 Å². The number of fused-ring (bicyclic) bond motifs is 1. The van der Waals surface area contributed by atoms with E-state index in [-0.39, 0.29) is 17.3 Å².